The van der Waals surface area contributed by atoms with Crippen molar-refractivity contribution in [3.8, 4) is 0 Å². The Morgan fingerprint density at radius 1 is 1.50 bits per heavy atom. The summed E-state index contributed by atoms with van der Waals surface area (Å²) in [4.78, 5) is 10.3. The van der Waals surface area contributed by atoms with Crippen LogP contribution in [0.5, 0.6) is 0 Å². The van der Waals surface area contributed by atoms with E-state index in [4.69, 9.17) is 0 Å². The average Bonchev–Trinajstić information content (AvgIpc) is 1.89. The van der Waals surface area contributed by atoms with Gasteiger partial charge in [0.25, 0.3) is 0 Å². The zero-order chi connectivity index (χ0) is 7.11. The van der Waals surface area contributed by atoms with Crippen LogP contribution in [0.2, 0.25) is 0 Å². The van der Waals surface area contributed by atoms with Gasteiger partial charge in [0.1, 0.15) is 6.61 Å². The molecule has 0 bridgehead atoms. The van der Waals surface area contributed by atoms with Crippen LogP contribution in [0.25, 0.3) is 0 Å². The number of methoxy groups -OCH3 is 1. The summed E-state index contributed by atoms with van der Waals surface area (Å²) in [6.07, 6.45) is 0. The van der Waals surface area contributed by atoms with E-state index in [1.807, 2.05) is 0 Å². The molecule has 59 valence electrons. The maximum Gasteiger partial charge on any atom is 0.315 e. The maximum absolute atomic E-state index is 10.3. The number of carbonyl (C=O) groups is 1. The van der Waals surface area contributed by atoms with Gasteiger partial charge in [0.05, 0.1) is 12.4 Å². The van der Waals surface area contributed by atoms with Crippen LogP contribution in [0.4, 0.5) is 0 Å². The Labute approximate surface area is 83.3 Å². The molecule has 10 heavy (non-hydrogen) atoms. The summed E-state index contributed by atoms with van der Waals surface area (Å²) in [6, 6.07) is 0. The topological polar surface area (TPSA) is 35.5 Å². The van der Waals surface area contributed by atoms with E-state index in [9.17, 15) is 4.79 Å². The van der Waals surface area contributed by atoms with Gasteiger partial charge in [0.2, 0.25) is 0 Å². The normalized spacial score (nSPS) is 8.20. The minimum absolute atomic E-state index is 0. The first-order valence-corrected chi connectivity index (χ1v) is 3.20. The molecular weight excluding hydrogens is 262 g/mol. The molecule has 5 heteroatoms. The monoisotopic (exact) mass is 271 g/mol. The molecule has 3 nitrogen and oxygen atoms in total. The molecule has 0 spiro atoms. The largest absolute Gasteiger partial charge is 0.463 e. The smallest absolute Gasteiger partial charge is 0.315 e. The first-order chi connectivity index (χ1) is 4.31. The third kappa shape index (κ3) is 8.60. The fraction of sp³-hybridized carbons (Fsp3) is 0.800. The van der Waals surface area contributed by atoms with Crippen molar-refractivity contribution in [2.24, 2.45) is 0 Å². The molecule has 0 heterocycles. The van der Waals surface area contributed by atoms with Gasteiger partial charge in [-0.15, -0.1) is 0 Å². The molecule has 3 radical (unpaired) electrons. The van der Waals surface area contributed by atoms with Gasteiger partial charge in [-0.05, 0) is 0 Å². The SMILES string of the molecule is COCCOC(=O)CS.[Sb]. The fourth-order valence-electron chi connectivity index (χ4n) is 0.284. The average molecular weight is 272 g/mol. The summed E-state index contributed by atoms with van der Waals surface area (Å²) in [5.74, 6) is -0.181. The van der Waals surface area contributed by atoms with Gasteiger partial charge in [-0.25, -0.2) is 0 Å². The quantitative estimate of drug-likeness (QED) is 0.331. The molecule has 0 amide bonds. The number of ether oxygens (including phenoxy) is 2. The zero-order valence-corrected chi connectivity index (χ0v) is 9.19. The maximum atomic E-state index is 10.3. The van der Waals surface area contributed by atoms with Crippen molar-refractivity contribution >= 4 is 43.0 Å². The number of thiol groups is 1. The Balaban J connectivity index is 0. The van der Waals surface area contributed by atoms with E-state index in [0.717, 1.165) is 0 Å². The van der Waals surface area contributed by atoms with E-state index in [0.29, 0.717) is 13.2 Å². The molecule has 0 aromatic carbocycles. The van der Waals surface area contributed by atoms with Gasteiger partial charge in [0, 0.05) is 31.5 Å². The van der Waals surface area contributed by atoms with E-state index in [1.165, 1.54) is 0 Å². The molecular formula is C5H10O3SSb. The van der Waals surface area contributed by atoms with E-state index in [2.05, 4.69) is 22.1 Å². The number of carbonyl (C=O) groups excluding carboxylic acids is 1. The van der Waals surface area contributed by atoms with Gasteiger partial charge >= 0.3 is 5.97 Å². The molecule has 0 aromatic rings. The Morgan fingerprint density at radius 3 is 2.50 bits per heavy atom. The van der Waals surface area contributed by atoms with Gasteiger partial charge in [-0.2, -0.15) is 12.6 Å². The summed E-state index contributed by atoms with van der Waals surface area (Å²) in [5, 5.41) is 0. The van der Waals surface area contributed by atoms with Crippen LogP contribution >= 0.6 is 12.6 Å². The molecule has 0 rings (SSSR count). The summed E-state index contributed by atoms with van der Waals surface area (Å²) in [7, 11) is 1.55. The minimum atomic E-state index is -0.310. The number of hydrogen-bond acceptors (Lipinski definition) is 4. The standard InChI is InChI=1S/C5H10O3S.Sb/c1-7-2-3-8-5(6)4-9;/h9H,2-4H2,1H3;. The number of esters is 1. The molecule has 0 fully saturated rings. The Bertz CT molecular complexity index is 89.0. The molecule has 0 N–H and O–H groups in total. The molecule has 0 aliphatic rings. The summed E-state index contributed by atoms with van der Waals surface area (Å²) >= 11 is 3.70. The second-order valence-electron chi connectivity index (χ2n) is 1.37. The predicted molar refractivity (Wildman–Crippen MR) is 42.4 cm³/mol. The van der Waals surface area contributed by atoms with Crippen LogP contribution in [0.15, 0.2) is 0 Å². The molecule has 0 atom stereocenters. The van der Waals surface area contributed by atoms with Crippen molar-refractivity contribution in [1.29, 1.82) is 0 Å². The van der Waals surface area contributed by atoms with E-state index < -0.39 is 0 Å². The fourth-order valence-corrected chi connectivity index (χ4v) is 0.376. The van der Waals surface area contributed by atoms with Crippen molar-refractivity contribution in [2.45, 2.75) is 0 Å². The van der Waals surface area contributed by atoms with E-state index >= 15 is 0 Å². The van der Waals surface area contributed by atoms with Crippen molar-refractivity contribution < 1.29 is 14.3 Å². The molecule has 0 aliphatic heterocycles. The Morgan fingerprint density at radius 2 is 2.10 bits per heavy atom. The minimum Gasteiger partial charge on any atom is -0.463 e. The van der Waals surface area contributed by atoms with Crippen LogP contribution in [0.3, 0.4) is 0 Å². The van der Waals surface area contributed by atoms with Crippen molar-refractivity contribution in [2.75, 3.05) is 26.1 Å². The molecule has 0 aliphatic carbocycles. The van der Waals surface area contributed by atoms with Crippen LogP contribution in [0.1, 0.15) is 0 Å². The van der Waals surface area contributed by atoms with Gasteiger partial charge in [0.15, 0.2) is 0 Å². The van der Waals surface area contributed by atoms with Crippen LogP contribution < -0.4 is 0 Å². The predicted octanol–water partition coefficient (Wildman–Crippen LogP) is -0.275. The van der Waals surface area contributed by atoms with Gasteiger partial charge in [-0.1, -0.05) is 0 Å². The number of rotatable bonds is 4. The van der Waals surface area contributed by atoms with E-state index in [1.54, 1.807) is 7.11 Å². The first kappa shape index (κ1) is 13.2. The number of hydrogen-bond donors (Lipinski definition) is 1. The summed E-state index contributed by atoms with van der Waals surface area (Å²) in [6.45, 7) is 0.759. The third-order valence-corrected chi connectivity index (χ3v) is 0.938. The zero-order valence-electron chi connectivity index (χ0n) is 5.74. The Kier molecular flexibility index (Phi) is 12.7. The second kappa shape index (κ2) is 9.60. The van der Waals surface area contributed by atoms with E-state index in [-0.39, 0.29) is 36.2 Å². The van der Waals surface area contributed by atoms with Crippen LogP contribution in [-0.2, 0) is 14.3 Å². The van der Waals surface area contributed by atoms with Crippen molar-refractivity contribution in [3.05, 3.63) is 0 Å². The second-order valence-corrected chi connectivity index (χ2v) is 1.69. The van der Waals surface area contributed by atoms with Gasteiger partial charge in [-0.3, -0.25) is 4.79 Å². The van der Waals surface area contributed by atoms with Gasteiger partial charge < -0.3 is 9.47 Å². The first-order valence-electron chi connectivity index (χ1n) is 2.56. The summed E-state index contributed by atoms with van der Waals surface area (Å²) in [5.41, 5.74) is 0. The molecule has 0 saturated heterocycles. The van der Waals surface area contributed by atoms with Crippen molar-refractivity contribution in [1.82, 2.24) is 0 Å². The third-order valence-electron chi connectivity index (χ3n) is 0.680. The van der Waals surface area contributed by atoms with Crippen LogP contribution in [-0.4, -0.2) is 56.5 Å². The molecule has 0 saturated carbocycles. The molecule has 0 aromatic heterocycles. The van der Waals surface area contributed by atoms with Crippen molar-refractivity contribution in [3.63, 3.8) is 0 Å². The van der Waals surface area contributed by atoms with Crippen LogP contribution in [0, 0.1) is 0 Å². The molecule has 0 unspecified atom stereocenters. The summed E-state index contributed by atoms with van der Waals surface area (Å²) < 4.78 is 9.23. The Hall–Kier alpha value is 0.598.